The summed E-state index contributed by atoms with van der Waals surface area (Å²) in [7, 11) is 0. The van der Waals surface area contributed by atoms with Gasteiger partial charge in [-0.15, -0.1) is 0 Å². The number of aryl methyl sites for hydroxylation is 2. The second-order valence-corrected chi connectivity index (χ2v) is 13.9. The van der Waals surface area contributed by atoms with Crippen molar-refractivity contribution in [1.29, 1.82) is 0 Å². The molecule has 1 spiro atoms. The largest absolute Gasteiger partial charge is 0.455 e. The summed E-state index contributed by atoms with van der Waals surface area (Å²) >= 11 is 0. The fraction of sp³-hybridized carbons (Fsp3) is 0.366. The van der Waals surface area contributed by atoms with E-state index >= 15 is 4.79 Å². The first kappa shape index (κ1) is 34.4. The summed E-state index contributed by atoms with van der Waals surface area (Å²) in [5, 5.41) is 13.8. The van der Waals surface area contributed by atoms with Crippen molar-refractivity contribution in [3.8, 4) is 0 Å². The van der Waals surface area contributed by atoms with Crippen molar-refractivity contribution in [3.63, 3.8) is 0 Å². The molecule has 51 heavy (non-hydrogen) atoms. The Morgan fingerprint density at radius 3 is 2.43 bits per heavy atom. The predicted molar refractivity (Wildman–Crippen MR) is 190 cm³/mol. The van der Waals surface area contributed by atoms with Gasteiger partial charge in [-0.1, -0.05) is 97.1 Å². The topological polar surface area (TPSA) is 125 Å². The lowest BCUT2D eigenvalue weighted by Crippen LogP contribution is -2.59. The number of carbonyl (C=O) groups excluding carboxylic acids is 4. The summed E-state index contributed by atoms with van der Waals surface area (Å²) in [4.78, 5) is 60.6. The van der Waals surface area contributed by atoms with Crippen molar-refractivity contribution < 1.29 is 33.8 Å². The van der Waals surface area contributed by atoms with Crippen LogP contribution in [0.5, 0.6) is 0 Å². The molecule has 0 radical (unpaired) electrons. The molecule has 7 atom stereocenters. The van der Waals surface area contributed by atoms with Crippen LogP contribution in [0.25, 0.3) is 0 Å². The Bertz CT molecular complexity index is 1860. The van der Waals surface area contributed by atoms with Gasteiger partial charge in [0.2, 0.25) is 11.8 Å². The van der Waals surface area contributed by atoms with E-state index in [1.807, 2.05) is 105 Å². The molecule has 5 bridgehead atoms. The smallest absolute Gasteiger partial charge is 0.313 e. The SMILES string of the molecule is Cc1ccc(C)c(N2C/C=C\CCC(=O)NC[C@@H](c3ccccc3)OC(=O)[C@@H]3[C@@H]4C=C[C@]5(O4)[C@H](C2=O)N([C@@H](CO)Cc2ccccc2)C(=O)[C@@H]35)c1. The molecule has 4 aliphatic rings. The van der Waals surface area contributed by atoms with Gasteiger partial charge >= 0.3 is 5.97 Å². The second-order valence-electron chi connectivity index (χ2n) is 13.9. The molecular weight excluding hydrogens is 646 g/mol. The number of carbonyl (C=O) groups is 4. The normalized spacial score (nSPS) is 29.1. The number of fused-ring (bicyclic) bond motifs is 2. The van der Waals surface area contributed by atoms with Gasteiger partial charge in [0.05, 0.1) is 31.2 Å². The standard InChI is InChI=1S/C41H43N3O7/c1-26-17-18-27(2)31(22-26)43-21-11-5-10-16-34(46)42-24-33(29-14-8-4-9-15-29)50-40(49)35-32-19-20-41(51-32)36(35)38(47)44(37(41)39(43)48)30(25-45)23-28-12-6-3-7-13-28/h3-9,11-15,17-20,22,30,32-33,35-37,45H,10,16,21,23-25H2,1-2H3,(H,42,46)/b11-5-/t30-,32+,33+,35-,36-,37+,41-/m1/s1. The van der Waals surface area contributed by atoms with Crippen molar-refractivity contribution in [2.75, 3.05) is 24.6 Å². The van der Waals surface area contributed by atoms with Crippen LogP contribution in [-0.4, -0.2) is 77.2 Å². The van der Waals surface area contributed by atoms with Crippen LogP contribution in [0.15, 0.2) is 103 Å². The molecular formula is C41H43N3O7. The number of nitrogens with zero attached hydrogens (tertiary/aromatic N) is 2. The lowest BCUT2D eigenvalue weighted by Gasteiger charge is -2.39. The number of anilines is 1. The van der Waals surface area contributed by atoms with Gasteiger partial charge < -0.3 is 29.7 Å². The lowest BCUT2D eigenvalue weighted by atomic mass is 9.74. The van der Waals surface area contributed by atoms with E-state index in [1.54, 1.807) is 17.1 Å². The number of aliphatic hydroxyl groups is 1. The molecule has 4 aliphatic heterocycles. The molecule has 3 aromatic rings. The molecule has 0 aliphatic carbocycles. The van der Waals surface area contributed by atoms with E-state index < -0.39 is 60.2 Å². The van der Waals surface area contributed by atoms with Crippen LogP contribution in [0.2, 0.25) is 0 Å². The molecule has 10 heteroatoms. The van der Waals surface area contributed by atoms with E-state index in [9.17, 15) is 19.5 Å². The zero-order chi connectivity index (χ0) is 35.7. The molecule has 2 fully saturated rings. The molecule has 3 aromatic carbocycles. The van der Waals surface area contributed by atoms with Gasteiger partial charge in [-0.2, -0.15) is 0 Å². The maximum atomic E-state index is 15.3. The average Bonchev–Trinajstić information content (AvgIpc) is 3.79. The summed E-state index contributed by atoms with van der Waals surface area (Å²) in [6.45, 7) is 3.69. The minimum Gasteiger partial charge on any atom is -0.455 e. The molecule has 2 N–H and O–H groups in total. The number of rotatable bonds is 6. The minimum atomic E-state index is -1.48. The molecule has 4 heterocycles. The Morgan fingerprint density at radius 2 is 1.69 bits per heavy atom. The van der Waals surface area contributed by atoms with Crippen LogP contribution >= 0.6 is 0 Å². The van der Waals surface area contributed by atoms with Crippen molar-refractivity contribution >= 4 is 29.4 Å². The van der Waals surface area contributed by atoms with E-state index in [0.717, 1.165) is 16.7 Å². The van der Waals surface area contributed by atoms with E-state index in [4.69, 9.17) is 9.47 Å². The van der Waals surface area contributed by atoms with Crippen molar-refractivity contribution in [1.82, 2.24) is 10.2 Å². The third-order valence-electron chi connectivity index (χ3n) is 10.6. The van der Waals surface area contributed by atoms with Gasteiger partial charge in [0, 0.05) is 18.7 Å². The Hall–Kier alpha value is -5.06. The summed E-state index contributed by atoms with van der Waals surface area (Å²) in [6.07, 6.45) is 6.55. The molecule has 0 aromatic heterocycles. The molecule has 7 rings (SSSR count). The third kappa shape index (κ3) is 6.38. The Balaban J connectivity index is 1.35. The van der Waals surface area contributed by atoms with Gasteiger partial charge in [-0.25, -0.2) is 0 Å². The maximum absolute atomic E-state index is 15.3. The fourth-order valence-corrected chi connectivity index (χ4v) is 8.07. The van der Waals surface area contributed by atoms with Crippen LogP contribution < -0.4 is 10.2 Å². The van der Waals surface area contributed by atoms with Crippen molar-refractivity contribution in [2.24, 2.45) is 11.8 Å². The molecule has 10 nitrogen and oxygen atoms in total. The Kier molecular flexibility index (Phi) is 9.63. The predicted octanol–water partition coefficient (Wildman–Crippen LogP) is 4.14. The first-order valence-electron chi connectivity index (χ1n) is 17.6. The van der Waals surface area contributed by atoms with E-state index in [2.05, 4.69) is 5.32 Å². The number of likely N-dealkylation sites (tertiary alicyclic amines) is 1. The van der Waals surface area contributed by atoms with Gasteiger partial charge in [0.1, 0.15) is 23.7 Å². The van der Waals surface area contributed by atoms with Gasteiger partial charge in [-0.05, 0) is 55.0 Å². The van der Waals surface area contributed by atoms with Gasteiger partial charge in [0.15, 0.2) is 0 Å². The number of esters is 1. The maximum Gasteiger partial charge on any atom is 0.313 e. The molecule has 264 valence electrons. The molecule has 0 unspecified atom stereocenters. The molecule has 0 saturated carbocycles. The summed E-state index contributed by atoms with van der Waals surface area (Å²) in [5.74, 6) is -3.81. The molecule has 3 amide bonds. The number of hydrogen-bond donors (Lipinski definition) is 2. The Morgan fingerprint density at radius 1 is 0.941 bits per heavy atom. The summed E-state index contributed by atoms with van der Waals surface area (Å²) in [6, 6.07) is 22.6. The van der Waals surface area contributed by atoms with Crippen LogP contribution in [0, 0.1) is 25.7 Å². The van der Waals surface area contributed by atoms with Crippen LogP contribution in [-0.2, 0) is 35.1 Å². The number of aliphatic hydroxyl groups excluding tert-OH is 1. The first-order chi connectivity index (χ1) is 24.7. The number of hydrogen-bond acceptors (Lipinski definition) is 7. The molecule has 2 saturated heterocycles. The zero-order valence-electron chi connectivity index (χ0n) is 28.8. The van der Waals surface area contributed by atoms with Crippen LogP contribution in [0.4, 0.5) is 5.69 Å². The van der Waals surface area contributed by atoms with Gasteiger partial charge in [0.25, 0.3) is 5.91 Å². The average molecular weight is 690 g/mol. The third-order valence-corrected chi connectivity index (χ3v) is 10.6. The highest BCUT2D eigenvalue weighted by Crippen LogP contribution is 2.56. The summed E-state index contributed by atoms with van der Waals surface area (Å²) < 4.78 is 12.8. The quantitative estimate of drug-likeness (QED) is 0.295. The number of allylic oxidation sites excluding steroid dienone is 1. The highest BCUT2D eigenvalue weighted by atomic mass is 16.6. The number of amides is 3. The van der Waals surface area contributed by atoms with Crippen LogP contribution in [0.1, 0.15) is 41.2 Å². The van der Waals surface area contributed by atoms with E-state index in [0.29, 0.717) is 17.7 Å². The van der Waals surface area contributed by atoms with Crippen molar-refractivity contribution in [2.45, 2.75) is 63.0 Å². The lowest BCUT2D eigenvalue weighted by molar-refractivity contribution is -0.160. The van der Waals surface area contributed by atoms with E-state index in [-0.39, 0.29) is 37.7 Å². The number of benzene rings is 3. The monoisotopic (exact) mass is 689 g/mol. The summed E-state index contributed by atoms with van der Waals surface area (Å²) in [5.41, 5.74) is 2.59. The number of cyclic esters (lactones) is 1. The van der Waals surface area contributed by atoms with Crippen molar-refractivity contribution in [3.05, 3.63) is 125 Å². The van der Waals surface area contributed by atoms with Gasteiger partial charge in [-0.3, -0.25) is 19.2 Å². The highest BCUT2D eigenvalue weighted by Gasteiger charge is 2.74. The first-order valence-corrected chi connectivity index (χ1v) is 17.6. The fourth-order valence-electron chi connectivity index (χ4n) is 8.07. The van der Waals surface area contributed by atoms with E-state index in [1.165, 1.54) is 4.90 Å². The zero-order valence-corrected chi connectivity index (χ0v) is 28.8. The number of ether oxygens (including phenoxy) is 2. The highest BCUT2D eigenvalue weighted by molar-refractivity contribution is 6.06. The second kappa shape index (κ2) is 14.3. The van der Waals surface area contributed by atoms with Crippen LogP contribution in [0.3, 0.4) is 0 Å². The Labute approximate surface area is 297 Å². The minimum absolute atomic E-state index is 0.0491. The number of nitrogens with one attached hydrogen (secondary N) is 1.